The molecule has 0 atom stereocenters. The van der Waals surface area contributed by atoms with Crippen LogP contribution in [0.1, 0.15) is 0 Å². The van der Waals surface area contributed by atoms with E-state index in [1.807, 2.05) is 24.3 Å². The number of rotatable bonds is 1. The first kappa shape index (κ1) is 14.4. The van der Waals surface area contributed by atoms with Crippen LogP contribution in [0.15, 0.2) is 61.0 Å². The highest BCUT2D eigenvalue weighted by Gasteiger charge is 2.16. The number of fused-ring (bicyclic) bond motifs is 2. The lowest BCUT2D eigenvalue weighted by atomic mass is 10.2. The van der Waals surface area contributed by atoms with Gasteiger partial charge in [-0.25, -0.2) is 19.4 Å². The molecule has 0 amide bonds. The van der Waals surface area contributed by atoms with Crippen LogP contribution >= 0.6 is 31.9 Å². The maximum atomic E-state index is 12.7. The zero-order valence-electron chi connectivity index (χ0n) is 11.5. The summed E-state index contributed by atoms with van der Waals surface area (Å²) in [6.45, 7) is 0. The van der Waals surface area contributed by atoms with Gasteiger partial charge in [0.15, 0.2) is 0 Å². The first-order valence-electron chi connectivity index (χ1n) is 6.64. The monoisotopic (exact) mass is 434 g/mol. The van der Waals surface area contributed by atoms with Crippen molar-refractivity contribution < 1.29 is 0 Å². The lowest BCUT2D eigenvalue weighted by Crippen LogP contribution is -2.17. The summed E-state index contributed by atoms with van der Waals surface area (Å²) in [5, 5.41) is 2.95. The Balaban J connectivity index is 2.22. The average molecular weight is 436 g/mol. The van der Waals surface area contributed by atoms with Crippen molar-refractivity contribution in [1.82, 2.24) is 19.2 Å². The van der Waals surface area contributed by atoms with Crippen LogP contribution in [0.4, 0.5) is 0 Å². The molecule has 0 spiro atoms. The summed E-state index contributed by atoms with van der Waals surface area (Å²) >= 11 is 6.77. The maximum absolute atomic E-state index is 12.7. The molecule has 4 rings (SSSR count). The highest BCUT2D eigenvalue weighted by Crippen LogP contribution is 2.25. The predicted molar refractivity (Wildman–Crippen MR) is 94.3 cm³/mol. The Labute approximate surface area is 145 Å². The summed E-state index contributed by atoms with van der Waals surface area (Å²) in [7, 11) is 0. The van der Waals surface area contributed by atoms with Crippen LogP contribution in [-0.2, 0) is 0 Å². The molecule has 23 heavy (non-hydrogen) atoms. The molecule has 2 aromatic carbocycles. The number of H-pyrrole nitrogens is 1. The minimum atomic E-state index is -0.425. The highest BCUT2D eigenvalue weighted by atomic mass is 79.9. The normalized spacial score (nSPS) is 11.4. The number of benzene rings is 2. The van der Waals surface area contributed by atoms with Crippen molar-refractivity contribution in [2.75, 3.05) is 0 Å². The van der Waals surface area contributed by atoms with Gasteiger partial charge in [-0.15, -0.1) is 0 Å². The second-order valence-corrected chi connectivity index (χ2v) is 6.69. The minimum Gasteiger partial charge on any atom is -0.267 e. The summed E-state index contributed by atoms with van der Waals surface area (Å²) < 4.78 is 3.96. The number of aromatic amines is 1. The van der Waals surface area contributed by atoms with E-state index in [0.29, 0.717) is 21.1 Å². The van der Waals surface area contributed by atoms with Gasteiger partial charge in [-0.1, -0.05) is 34.1 Å². The van der Waals surface area contributed by atoms with Crippen LogP contribution in [-0.4, -0.2) is 19.2 Å². The molecule has 0 aliphatic carbocycles. The Bertz CT molecular complexity index is 1180. The van der Waals surface area contributed by atoms with E-state index < -0.39 is 5.69 Å². The number of hydrogen-bond donors (Lipinski definition) is 1. The van der Waals surface area contributed by atoms with Gasteiger partial charge in [-0.3, -0.25) is 4.79 Å². The molecule has 0 aliphatic heterocycles. The zero-order valence-corrected chi connectivity index (χ0v) is 14.6. The fourth-order valence-corrected chi connectivity index (χ4v) is 3.81. The zero-order chi connectivity index (χ0) is 16.1. The molecule has 1 N–H and O–H groups in total. The number of halogens is 2. The van der Waals surface area contributed by atoms with Crippen molar-refractivity contribution in [2.24, 2.45) is 0 Å². The molecule has 0 saturated heterocycles. The van der Waals surface area contributed by atoms with Gasteiger partial charge in [0, 0.05) is 8.95 Å². The van der Waals surface area contributed by atoms with Crippen LogP contribution in [0, 0.1) is 0 Å². The lowest BCUT2D eigenvalue weighted by molar-refractivity contribution is 0.894. The van der Waals surface area contributed by atoms with Gasteiger partial charge in [0.2, 0.25) is 5.78 Å². The standard InChI is InChI=1S/C15H8Br2N4O2/c16-8-6-10-12(11(17)7-8)18-14-20(9-4-2-1-3-5-9)15(23)19-21(14)13(10)22/h1-7H,(H,19,23). The molecule has 0 unspecified atom stereocenters. The summed E-state index contributed by atoms with van der Waals surface area (Å²) in [6, 6.07) is 12.5. The van der Waals surface area contributed by atoms with Crippen molar-refractivity contribution >= 4 is 48.5 Å². The molecule has 4 aromatic rings. The first-order valence-corrected chi connectivity index (χ1v) is 8.23. The molecule has 0 bridgehead atoms. The van der Waals surface area contributed by atoms with Crippen molar-refractivity contribution in [3.8, 4) is 5.69 Å². The van der Waals surface area contributed by atoms with Crippen LogP contribution in [0.2, 0.25) is 0 Å². The third kappa shape index (κ3) is 2.17. The largest absolute Gasteiger partial charge is 0.348 e. The predicted octanol–water partition coefficient (Wildman–Crippen LogP) is 2.85. The second-order valence-electron chi connectivity index (χ2n) is 4.92. The fourth-order valence-electron chi connectivity index (χ4n) is 2.50. The van der Waals surface area contributed by atoms with Crippen molar-refractivity contribution in [3.05, 3.63) is 72.2 Å². The molecule has 0 fully saturated rings. The van der Waals surface area contributed by atoms with Gasteiger partial charge in [0.1, 0.15) is 0 Å². The van der Waals surface area contributed by atoms with Crippen LogP contribution < -0.4 is 11.2 Å². The molecule has 6 nitrogen and oxygen atoms in total. The molecule has 2 heterocycles. The molecule has 2 aromatic heterocycles. The minimum absolute atomic E-state index is 0.238. The number of nitrogens with one attached hydrogen (secondary N) is 1. The van der Waals surface area contributed by atoms with E-state index in [2.05, 4.69) is 41.9 Å². The SMILES string of the molecule is O=c1[nH]n2c(=O)c3cc(Br)cc(Br)c3nc2n1-c1ccccc1. The Morgan fingerprint density at radius 1 is 1.04 bits per heavy atom. The van der Waals surface area contributed by atoms with Crippen LogP contribution in [0.3, 0.4) is 0 Å². The molecule has 8 heteroatoms. The highest BCUT2D eigenvalue weighted by molar-refractivity contribution is 9.11. The van der Waals surface area contributed by atoms with Crippen molar-refractivity contribution in [1.29, 1.82) is 0 Å². The summed E-state index contributed by atoms with van der Waals surface area (Å²) in [5.74, 6) is 0.238. The molecular formula is C15H8Br2N4O2. The summed E-state index contributed by atoms with van der Waals surface area (Å²) in [5.41, 5.74) is 0.377. The lowest BCUT2D eigenvalue weighted by Gasteiger charge is -2.04. The number of hydrogen-bond acceptors (Lipinski definition) is 3. The molecule has 0 saturated carbocycles. The van der Waals surface area contributed by atoms with Crippen molar-refractivity contribution in [2.45, 2.75) is 0 Å². The Morgan fingerprint density at radius 2 is 1.78 bits per heavy atom. The van der Waals surface area contributed by atoms with E-state index in [9.17, 15) is 9.59 Å². The number of aromatic nitrogens is 4. The van der Waals surface area contributed by atoms with E-state index in [1.165, 1.54) is 4.57 Å². The maximum Gasteiger partial charge on any atom is 0.348 e. The van der Waals surface area contributed by atoms with Gasteiger partial charge < -0.3 is 0 Å². The molecule has 0 aliphatic rings. The van der Waals surface area contributed by atoms with E-state index in [4.69, 9.17) is 0 Å². The van der Waals surface area contributed by atoms with Crippen LogP contribution in [0.25, 0.3) is 22.4 Å². The van der Waals surface area contributed by atoms with E-state index in [-0.39, 0.29) is 11.3 Å². The second kappa shape index (κ2) is 5.17. The first-order chi connectivity index (χ1) is 11.1. The number of nitrogens with zero attached hydrogens (tertiary/aromatic N) is 3. The topological polar surface area (TPSA) is 72.2 Å². The smallest absolute Gasteiger partial charge is 0.267 e. The Hall–Kier alpha value is -2.19. The van der Waals surface area contributed by atoms with Crippen LogP contribution in [0.5, 0.6) is 0 Å². The Kier molecular flexibility index (Phi) is 3.24. The van der Waals surface area contributed by atoms with E-state index in [1.54, 1.807) is 18.2 Å². The Morgan fingerprint density at radius 3 is 2.52 bits per heavy atom. The molecular weight excluding hydrogens is 428 g/mol. The van der Waals surface area contributed by atoms with Gasteiger partial charge in [0.05, 0.1) is 16.6 Å². The van der Waals surface area contributed by atoms with Gasteiger partial charge >= 0.3 is 5.69 Å². The van der Waals surface area contributed by atoms with Crippen molar-refractivity contribution in [3.63, 3.8) is 0 Å². The molecule has 0 radical (unpaired) electrons. The molecule has 114 valence electrons. The fraction of sp³-hybridized carbons (Fsp3) is 0. The van der Waals surface area contributed by atoms with Gasteiger partial charge in [-0.05, 0) is 40.2 Å². The van der Waals surface area contributed by atoms with Gasteiger partial charge in [0.25, 0.3) is 5.56 Å². The third-order valence-corrected chi connectivity index (χ3v) is 4.56. The van der Waals surface area contributed by atoms with E-state index >= 15 is 0 Å². The summed E-state index contributed by atoms with van der Waals surface area (Å²) in [6.07, 6.45) is 0. The quantitative estimate of drug-likeness (QED) is 0.499. The van der Waals surface area contributed by atoms with Gasteiger partial charge in [-0.2, -0.15) is 4.52 Å². The average Bonchev–Trinajstić information content (AvgIpc) is 2.86. The van der Waals surface area contributed by atoms with E-state index in [0.717, 1.165) is 8.99 Å². The third-order valence-electron chi connectivity index (χ3n) is 3.50. The summed E-state index contributed by atoms with van der Waals surface area (Å²) in [4.78, 5) is 29.5. The number of para-hydroxylation sites is 1.